The molecule has 0 saturated carbocycles. The number of ether oxygens (including phenoxy) is 2. The number of morpholine rings is 1. The number of nitrogens with zero attached hydrogens (tertiary/aromatic N) is 1. The third kappa shape index (κ3) is 3.51. The largest absolute Gasteiger partial charge is 0.473 e. The lowest BCUT2D eigenvalue weighted by molar-refractivity contribution is -0.142. The summed E-state index contributed by atoms with van der Waals surface area (Å²) in [5.74, 6) is 0.208. The third-order valence-electron chi connectivity index (χ3n) is 4.76. The number of hydrogen-bond acceptors (Lipinski definition) is 5. The summed E-state index contributed by atoms with van der Waals surface area (Å²) < 4.78 is 17.2. The molecular formula is C22H21NO5. The SMILES string of the molecule is C[C@@H](Oc1c(-c2ccccc2)oc2ccccc2c1=O)C(=O)N1CCOCC1. The van der Waals surface area contributed by atoms with Crippen molar-refractivity contribution in [3.63, 3.8) is 0 Å². The van der Waals surface area contributed by atoms with E-state index in [9.17, 15) is 9.59 Å². The topological polar surface area (TPSA) is 69.0 Å². The molecule has 3 aromatic rings. The van der Waals surface area contributed by atoms with Crippen LogP contribution in [0, 0.1) is 0 Å². The Kier molecular flexibility index (Phi) is 5.12. The van der Waals surface area contributed by atoms with Crippen molar-refractivity contribution < 1.29 is 18.7 Å². The molecule has 1 fully saturated rings. The van der Waals surface area contributed by atoms with Crippen molar-refractivity contribution in [1.29, 1.82) is 0 Å². The first-order chi connectivity index (χ1) is 13.6. The first-order valence-electron chi connectivity index (χ1n) is 9.29. The predicted octanol–water partition coefficient (Wildman–Crippen LogP) is 3.09. The van der Waals surface area contributed by atoms with E-state index >= 15 is 0 Å². The highest BCUT2D eigenvalue weighted by atomic mass is 16.5. The van der Waals surface area contributed by atoms with Crippen LogP contribution in [0.15, 0.2) is 63.8 Å². The van der Waals surface area contributed by atoms with Gasteiger partial charge in [-0.25, -0.2) is 0 Å². The van der Waals surface area contributed by atoms with E-state index in [1.165, 1.54) is 0 Å². The van der Waals surface area contributed by atoms with Gasteiger partial charge in [0.05, 0.1) is 18.6 Å². The minimum Gasteiger partial charge on any atom is -0.473 e. The van der Waals surface area contributed by atoms with E-state index in [0.717, 1.165) is 0 Å². The second-order valence-corrected chi connectivity index (χ2v) is 6.65. The van der Waals surface area contributed by atoms with Crippen LogP contribution in [-0.2, 0) is 9.53 Å². The standard InChI is InChI=1S/C22H21NO5/c1-15(22(25)23-11-13-26-14-12-23)27-21-19(24)17-9-5-6-10-18(17)28-20(21)16-7-3-2-4-8-16/h2-10,15H,11-14H2,1H3/t15-/m1/s1. The normalized spacial score (nSPS) is 15.4. The van der Waals surface area contributed by atoms with Crippen molar-refractivity contribution in [3.8, 4) is 17.1 Å². The van der Waals surface area contributed by atoms with Gasteiger partial charge in [0.25, 0.3) is 5.91 Å². The average molecular weight is 379 g/mol. The van der Waals surface area contributed by atoms with Crippen molar-refractivity contribution >= 4 is 16.9 Å². The van der Waals surface area contributed by atoms with Gasteiger partial charge in [0, 0.05) is 18.7 Å². The van der Waals surface area contributed by atoms with Crippen LogP contribution >= 0.6 is 0 Å². The number of carbonyl (C=O) groups is 1. The van der Waals surface area contributed by atoms with Crippen molar-refractivity contribution in [2.75, 3.05) is 26.3 Å². The van der Waals surface area contributed by atoms with Crippen LogP contribution in [0.2, 0.25) is 0 Å². The Labute approximate surface area is 162 Å². The molecule has 0 bridgehead atoms. The van der Waals surface area contributed by atoms with Crippen LogP contribution in [0.25, 0.3) is 22.3 Å². The highest BCUT2D eigenvalue weighted by Gasteiger charge is 2.27. The van der Waals surface area contributed by atoms with Gasteiger partial charge in [0.1, 0.15) is 5.58 Å². The van der Waals surface area contributed by atoms with Gasteiger partial charge >= 0.3 is 0 Å². The van der Waals surface area contributed by atoms with Crippen LogP contribution in [0.3, 0.4) is 0 Å². The molecule has 4 rings (SSSR count). The highest BCUT2D eigenvalue weighted by Crippen LogP contribution is 2.31. The lowest BCUT2D eigenvalue weighted by Gasteiger charge is -2.29. The molecular weight excluding hydrogens is 358 g/mol. The van der Waals surface area contributed by atoms with E-state index < -0.39 is 6.10 Å². The van der Waals surface area contributed by atoms with E-state index in [4.69, 9.17) is 13.9 Å². The van der Waals surface area contributed by atoms with E-state index in [1.807, 2.05) is 36.4 Å². The summed E-state index contributed by atoms with van der Waals surface area (Å²) in [6, 6.07) is 16.3. The Balaban J connectivity index is 1.75. The minimum absolute atomic E-state index is 0.0546. The molecule has 0 spiro atoms. The van der Waals surface area contributed by atoms with Gasteiger partial charge in [-0.15, -0.1) is 0 Å². The Morgan fingerprint density at radius 3 is 2.46 bits per heavy atom. The first-order valence-corrected chi connectivity index (χ1v) is 9.29. The molecule has 6 nitrogen and oxygen atoms in total. The zero-order valence-corrected chi connectivity index (χ0v) is 15.6. The number of carbonyl (C=O) groups excluding carboxylic acids is 1. The molecule has 0 unspecified atom stereocenters. The summed E-state index contributed by atoms with van der Waals surface area (Å²) in [5.41, 5.74) is 0.902. The summed E-state index contributed by atoms with van der Waals surface area (Å²) in [6.07, 6.45) is -0.815. The molecule has 2 heterocycles. The molecule has 0 radical (unpaired) electrons. The lowest BCUT2D eigenvalue weighted by Crippen LogP contribution is -2.46. The number of rotatable bonds is 4. The Hall–Kier alpha value is -3.12. The summed E-state index contributed by atoms with van der Waals surface area (Å²) >= 11 is 0. The van der Waals surface area contributed by atoms with E-state index in [-0.39, 0.29) is 17.1 Å². The Bertz CT molecular complexity index is 1040. The van der Waals surface area contributed by atoms with Gasteiger partial charge in [0.15, 0.2) is 11.9 Å². The van der Waals surface area contributed by atoms with E-state index in [1.54, 1.807) is 30.0 Å². The second kappa shape index (κ2) is 7.86. The molecule has 1 amide bonds. The van der Waals surface area contributed by atoms with Gasteiger partial charge in [-0.3, -0.25) is 9.59 Å². The summed E-state index contributed by atoms with van der Waals surface area (Å²) in [7, 11) is 0. The van der Waals surface area contributed by atoms with Crippen molar-refractivity contribution in [1.82, 2.24) is 4.90 Å². The van der Waals surface area contributed by atoms with Gasteiger partial charge < -0.3 is 18.8 Å². The monoisotopic (exact) mass is 379 g/mol. The molecule has 1 aromatic heterocycles. The van der Waals surface area contributed by atoms with Gasteiger partial charge in [-0.2, -0.15) is 0 Å². The van der Waals surface area contributed by atoms with Gasteiger partial charge in [0.2, 0.25) is 11.2 Å². The maximum absolute atomic E-state index is 13.1. The third-order valence-corrected chi connectivity index (χ3v) is 4.76. The summed E-state index contributed by atoms with van der Waals surface area (Å²) in [6.45, 7) is 3.70. The van der Waals surface area contributed by atoms with Crippen LogP contribution < -0.4 is 10.2 Å². The molecule has 0 N–H and O–H groups in total. The van der Waals surface area contributed by atoms with Gasteiger partial charge in [-0.05, 0) is 19.1 Å². The fraction of sp³-hybridized carbons (Fsp3) is 0.273. The predicted molar refractivity (Wildman–Crippen MR) is 105 cm³/mol. The lowest BCUT2D eigenvalue weighted by atomic mass is 10.1. The van der Waals surface area contributed by atoms with Crippen molar-refractivity contribution in [2.45, 2.75) is 13.0 Å². The average Bonchev–Trinajstić information content (AvgIpc) is 2.76. The van der Waals surface area contributed by atoms with Crippen LogP contribution in [0.5, 0.6) is 5.75 Å². The number of hydrogen-bond donors (Lipinski definition) is 0. The first kappa shape index (κ1) is 18.3. The fourth-order valence-corrected chi connectivity index (χ4v) is 3.28. The molecule has 1 aliphatic rings. The summed E-state index contributed by atoms with van der Waals surface area (Å²) in [5, 5.41) is 0.420. The number of para-hydroxylation sites is 1. The zero-order valence-electron chi connectivity index (χ0n) is 15.6. The number of fused-ring (bicyclic) bond motifs is 1. The summed E-state index contributed by atoms with van der Waals surface area (Å²) in [4.78, 5) is 27.6. The number of amides is 1. The Morgan fingerprint density at radius 2 is 1.71 bits per heavy atom. The molecule has 0 aliphatic carbocycles. The molecule has 28 heavy (non-hydrogen) atoms. The molecule has 1 atom stereocenters. The number of benzene rings is 2. The van der Waals surface area contributed by atoms with E-state index in [2.05, 4.69) is 0 Å². The molecule has 1 aliphatic heterocycles. The molecule has 1 saturated heterocycles. The van der Waals surface area contributed by atoms with Crippen molar-refractivity contribution in [3.05, 3.63) is 64.8 Å². The molecule has 2 aromatic carbocycles. The second-order valence-electron chi connectivity index (χ2n) is 6.65. The maximum atomic E-state index is 13.1. The van der Waals surface area contributed by atoms with E-state index in [0.29, 0.717) is 48.6 Å². The fourth-order valence-electron chi connectivity index (χ4n) is 3.28. The van der Waals surface area contributed by atoms with Crippen molar-refractivity contribution in [2.24, 2.45) is 0 Å². The molecule has 144 valence electrons. The highest BCUT2D eigenvalue weighted by molar-refractivity contribution is 5.84. The zero-order chi connectivity index (χ0) is 19.5. The Morgan fingerprint density at radius 1 is 1.04 bits per heavy atom. The van der Waals surface area contributed by atoms with Crippen LogP contribution in [0.4, 0.5) is 0 Å². The maximum Gasteiger partial charge on any atom is 0.263 e. The van der Waals surface area contributed by atoms with Gasteiger partial charge in [-0.1, -0.05) is 42.5 Å². The van der Waals surface area contributed by atoms with Crippen LogP contribution in [-0.4, -0.2) is 43.2 Å². The quantitative estimate of drug-likeness (QED) is 0.697. The minimum atomic E-state index is -0.815. The van der Waals surface area contributed by atoms with Crippen LogP contribution in [0.1, 0.15) is 6.92 Å². The smallest absolute Gasteiger partial charge is 0.263 e. The molecule has 6 heteroatoms.